The van der Waals surface area contributed by atoms with Crippen LogP contribution >= 0.6 is 0 Å². The standard InChI is InChI=1S/C17H31N5O2/c1-21-14-4-3-12(24-2)7-13(14)15-16(21)17(23)22(10-20-15)6-5-11-8-18-9-19-11/h11-16,18-20H,3-10H2,1-2H3. The second-order valence-corrected chi connectivity index (χ2v) is 7.82. The molecule has 0 aromatic heterocycles. The predicted octanol–water partition coefficient (Wildman–Crippen LogP) is -0.849. The van der Waals surface area contributed by atoms with Gasteiger partial charge in [0, 0.05) is 45.0 Å². The topological polar surface area (TPSA) is 68.9 Å². The third kappa shape index (κ3) is 2.86. The van der Waals surface area contributed by atoms with E-state index in [1.165, 1.54) is 0 Å². The molecule has 0 aromatic carbocycles. The summed E-state index contributed by atoms with van der Waals surface area (Å²) in [7, 11) is 3.95. The van der Waals surface area contributed by atoms with E-state index in [0.29, 0.717) is 36.7 Å². The Bertz CT molecular complexity index is 470. The van der Waals surface area contributed by atoms with Gasteiger partial charge >= 0.3 is 0 Å². The number of nitrogens with zero attached hydrogens (tertiary/aromatic N) is 2. The Morgan fingerprint density at radius 2 is 2.17 bits per heavy atom. The lowest BCUT2D eigenvalue weighted by Gasteiger charge is -2.39. The molecule has 4 rings (SSSR count). The molecule has 6 atom stereocenters. The number of amides is 1. The molecule has 7 heteroatoms. The van der Waals surface area contributed by atoms with Gasteiger partial charge < -0.3 is 20.3 Å². The van der Waals surface area contributed by atoms with Crippen molar-refractivity contribution in [3.8, 4) is 0 Å². The minimum absolute atomic E-state index is 0.000909. The third-order valence-corrected chi connectivity index (χ3v) is 6.65. The average molecular weight is 337 g/mol. The zero-order valence-electron chi connectivity index (χ0n) is 14.8. The van der Waals surface area contributed by atoms with Gasteiger partial charge in [0.05, 0.1) is 12.8 Å². The first-order chi connectivity index (χ1) is 11.7. The Labute approximate surface area is 144 Å². The number of methoxy groups -OCH3 is 1. The van der Waals surface area contributed by atoms with Crippen LogP contribution in [0.4, 0.5) is 0 Å². The van der Waals surface area contributed by atoms with Crippen molar-refractivity contribution in [2.24, 2.45) is 5.92 Å². The minimum Gasteiger partial charge on any atom is -0.381 e. The molecule has 3 heterocycles. The van der Waals surface area contributed by atoms with E-state index in [4.69, 9.17) is 4.74 Å². The minimum atomic E-state index is -0.000909. The van der Waals surface area contributed by atoms with Crippen molar-refractivity contribution in [1.82, 2.24) is 25.8 Å². The number of carbonyl (C=O) groups excluding carboxylic acids is 1. The number of likely N-dealkylation sites (tertiary alicyclic amines) is 1. The molecule has 3 saturated heterocycles. The van der Waals surface area contributed by atoms with Gasteiger partial charge in [-0.2, -0.15) is 0 Å². The van der Waals surface area contributed by atoms with E-state index < -0.39 is 0 Å². The molecule has 0 spiro atoms. The van der Waals surface area contributed by atoms with Crippen LogP contribution in [0.15, 0.2) is 0 Å². The molecule has 136 valence electrons. The Morgan fingerprint density at radius 3 is 2.92 bits per heavy atom. The fourth-order valence-electron chi connectivity index (χ4n) is 5.26. The molecule has 3 N–H and O–H groups in total. The number of carbonyl (C=O) groups is 1. The van der Waals surface area contributed by atoms with Crippen LogP contribution < -0.4 is 16.0 Å². The molecule has 4 fully saturated rings. The van der Waals surface area contributed by atoms with Gasteiger partial charge in [-0.25, -0.2) is 0 Å². The van der Waals surface area contributed by atoms with Gasteiger partial charge in [-0.05, 0) is 38.6 Å². The van der Waals surface area contributed by atoms with Gasteiger partial charge in [-0.1, -0.05) is 0 Å². The van der Waals surface area contributed by atoms with Crippen molar-refractivity contribution >= 4 is 5.91 Å². The van der Waals surface area contributed by atoms with Crippen molar-refractivity contribution in [2.45, 2.75) is 56.0 Å². The number of hydrogen-bond donors (Lipinski definition) is 3. The fraction of sp³-hybridized carbons (Fsp3) is 0.941. The third-order valence-electron chi connectivity index (χ3n) is 6.65. The van der Waals surface area contributed by atoms with E-state index in [0.717, 1.165) is 45.4 Å². The molecule has 24 heavy (non-hydrogen) atoms. The zero-order valence-corrected chi connectivity index (χ0v) is 14.8. The Morgan fingerprint density at radius 1 is 1.29 bits per heavy atom. The highest BCUT2D eigenvalue weighted by molar-refractivity contribution is 5.84. The molecule has 7 nitrogen and oxygen atoms in total. The molecule has 3 aliphatic heterocycles. The Kier molecular flexibility index (Phi) is 4.79. The molecule has 0 bridgehead atoms. The quantitative estimate of drug-likeness (QED) is 0.621. The smallest absolute Gasteiger partial charge is 0.242 e. The van der Waals surface area contributed by atoms with Crippen LogP contribution in [0.5, 0.6) is 0 Å². The first-order valence-electron chi connectivity index (χ1n) is 9.40. The van der Waals surface area contributed by atoms with Gasteiger partial charge in [0.1, 0.15) is 6.04 Å². The van der Waals surface area contributed by atoms with Crippen molar-refractivity contribution in [3.63, 3.8) is 0 Å². The number of fused-ring (bicyclic) bond motifs is 3. The van der Waals surface area contributed by atoms with Crippen LogP contribution in [0.1, 0.15) is 25.7 Å². The van der Waals surface area contributed by atoms with E-state index in [2.05, 4.69) is 27.9 Å². The second kappa shape index (κ2) is 6.88. The average Bonchev–Trinajstić information content (AvgIpc) is 3.21. The van der Waals surface area contributed by atoms with Crippen LogP contribution in [0.25, 0.3) is 0 Å². The molecule has 0 aromatic rings. The normalized spacial score (nSPS) is 43.1. The van der Waals surface area contributed by atoms with Crippen LogP contribution in [0.2, 0.25) is 0 Å². The van der Waals surface area contributed by atoms with Crippen molar-refractivity contribution < 1.29 is 9.53 Å². The maximum absolute atomic E-state index is 13.1. The van der Waals surface area contributed by atoms with Crippen molar-refractivity contribution in [1.29, 1.82) is 0 Å². The molecule has 0 radical (unpaired) electrons. The maximum Gasteiger partial charge on any atom is 0.242 e. The molecule has 4 aliphatic rings. The van der Waals surface area contributed by atoms with Crippen LogP contribution in [0.3, 0.4) is 0 Å². The second-order valence-electron chi connectivity index (χ2n) is 7.82. The molecule has 1 saturated carbocycles. The number of rotatable bonds is 4. The molecule has 1 aliphatic carbocycles. The highest BCUT2D eigenvalue weighted by atomic mass is 16.5. The summed E-state index contributed by atoms with van der Waals surface area (Å²) in [5.41, 5.74) is 0. The largest absolute Gasteiger partial charge is 0.381 e. The fourth-order valence-corrected chi connectivity index (χ4v) is 5.26. The monoisotopic (exact) mass is 337 g/mol. The molecular formula is C17H31N5O2. The predicted molar refractivity (Wildman–Crippen MR) is 91.4 cm³/mol. The van der Waals surface area contributed by atoms with Gasteiger partial charge in [-0.3, -0.25) is 15.0 Å². The highest BCUT2D eigenvalue weighted by Crippen LogP contribution is 2.41. The van der Waals surface area contributed by atoms with Gasteiger partial charge in [0.25, 0.3) is 0 Å². The van der Waals surface area contributed by atoms with E-state index in [1.807, 2.05) is 12.0 Å². The summed E-state index contributed by atoms with van der Waals surface area (Å²) in [6, 6.07) is 1.29. The summed E-state index contributed by atoms with van der Waals surface area (Å²) < 4.78 is 5.60. The lowest BCUT2D eigenvalue weighted by Crippen LogP contribution is -2.62. The van der Waals surface area contributed by atoms with E-state index in [9.17, 15) is 4.79 Å². The lowest BCUT2D eigenvalue weighted by molar-refractivity contribution is -0.140. The van der Waals surface area contributed by atoms with Crippen molar-refractivity contribution in [3.05, 3.63) is 0 Å². The Balaban J connectivity index is 1.41. The summed E-state index contributed by atoms with van der Waals surface area (Å²) in [4.78, 5) is 17.5. The van der Waals surface area contributed by atoms with Crippen molar-refractivity contribution in [2.75, 3.05) is 40.6 Å². The van der Waals surface area contributed by atoms with Crippen LogP contribution in [0, 0.1) is 5.92 Å². The van der Waals surface area contributed by atoms with Gasteiger partial charge in [0.2, 0.25) is 5.91 Å². The molecule has 6 unspecified atom stereocenters. The molecule has 1 amide bonds. The first kappa shape index (κ1) is 16.7. The zero-order chi connectivity index (χ0) is 16.7. The summed E-state index contributed by atoms with van der Waals surface area (Å²) in [6.07, 6.45) is 4.69. The summed E-state index contributed by atoms with van der Waals surface area (Å²) in [5.74, 6) is 0.848. The molecular weight excluding hydrogens is 306 g/mol. The number of hydrogen-bond acceptors (Lipinski definition) is 6. The maximum atomic E-state index is 13.1. The lowest BCUT2D eigenvalue weighted by atomic mass is 9.80. The number of likely N-dealkylation sites (N-methyl/N-ethyl adjacent to an activating group) is 1. The van der Waals surface area contributed by atoms with Gasteiger partial charge in [-0.15, -0.1) is 0 Å². The van der Waals surface area contributed by atoms with Crippen LogP contribution in [-0.2, 0) is 9.53 Å². The number of nitrogens with one attached hydrogen (secondary N) is 3. The Hall–Kier alpha value is -0.730. The van der Waals surface area contributed by atoms with Gasteiger partial charge in [0.15, 0.2) is 0 Å². The van der Waals surface area contributed by atoms with E-state index >= 15 is 0 Å². The van der Waals surface area contributed by atoms with E-state index in [1.54, 1.807) is 0 Å². The first-order valence-corrected chi connectivity index (χ1v) is 9.40. The number of ether oxygens (including phenoxy) is 1. The summed E-state index contributed by atoms with van der Waals surface area (Å²) in [6.45, 7) is 3.41. The highest BCUT2D eigenvalue weighted by Gasteiger charge is 2.54. The SMILES string of the molecule is COC1CCC2C(C1)C1NCN(CCC3CNCN3)C(=O)C1N2C. The van der Waals surface area contributed by atoms with Crippen LogP contribution in [-0.4, -0.2) is 86.6 Å². The van der Waals surface area contributed by atoms with E-state index in [-0.39, 0.29) is 12.1 Å². The summed E-state index contributed by atoms with van der Waals surface area (Å²) >= 11 is 0. The summed E-state index contributed by atoms with van der Waals surface area (Å²) in [5, 5.41) is 10.4.